The van der Waals surface area contributed by atoms with Crippen molar-refractivity contribution in [1.82, 2.24) is 15.8 Å². The Bertz CT molecular complexity index is 781. The van der Waals surface area contributed by atoms with Gasteiger partial charge in [0.05, 0.1) is 4.88 Å². The Morgan fingerprint density at radius 3 is 2.74 bits per heavy atom. The molecule has 0 atom stereocenters. The Hall–Kier alpha value is -2.49. The van der Waals surface area contributed by atoms with Gasteiger partial charge in [-0.3, -0.25) is 20.0 Å². The average molecular weight is 407 g/mol. The van der Waals surface area contributed by atoms with Crippen LogP contribution in [0.3, 0.4) is 0 Å². The van der Waals surface area contributed by atoms with E-state index in [0.29, 0.717) is 34.4 Å². The molecule has 2 amide bonds. The summed E-state index contributed by atoms with van der Waals surface area (Å²) >= 11 is 6.58. The molecule has 0 saturated carbocycles. The van der Waals surface area contributed by atoms with E-state index in [9.17, 15) is 9.59 Å². The predicted octanol–water partition coefficient (Wildman–Crippen LogP) is 2.49. The fourth-order valence-corrected chi connectivity index (χ4v) is 2.90. The molecule has 0 aliphatic heterocycles. The number of benzene rings is 1. The van der Waals surface area contributed by atoms with Crippen molar-refractivity contribution in [1.29, 1.82) is 0 Å². The molecule has 0 spiro atoms. The molecule has 0 aliphatic rings. The van der Waals surface area contributed by atoms with Crippen LogP contribution in [-0.2, 0) is 4.74 Å². The summed E-state index contributed by atoms with van der Waals surface area (Å²) in [5.41, 5.74) is 3.65. The molecule has 2 aromatic rings. The lowest BCUT2D eigenvalue weighted by Gasteiger charge is -2.21. The van der Waals surface area contributed by atoms with Gasteiger partial charge < -0.3 is 15.4 Å². The molecule has 0 radical (unpaired) electrons. The summed E-state index contributed by atoms with van der Waals surface area (Å²) in [7, 11) is 3.30. The zero-order valence-corrected chi connectivity index (χ0v) is 16.8. The highest BCUT2D eigenvalue weighted by atomic mass is 32.1. The summed E-state index contributed by atoms with van der Waals surface area (Å²) < 4.78 is 4.97. The summed E-state index contributed by atoms with van der Waals surface area (Å²) in [4.78, 5) is 25.2. The van der Waals surface area contributed by atoms with E-state index < -0.39 is 0 Å². The van der Waals surface area contributed by atoms with Crippen LogP contribution < -0.4 is 16.1 Å². The van der Waals surface area contributed by atoms with Crippen molar-refractivity contribution >= 4 is 46.2 Å². The number of hydrogen-bond acceptors (Lipinski definition) is 5. The number of hydrazine groups is 1. The number of thiophene rings is 1. The van der Waals surface area contributed by atoms with Gasteiger partial charge in [0.1, 0.15) is 0 Å². The van der Waals surface area contributed by atoms with Gasteiger partial charge in [-0.25, -0.2) is 0 Å². The smallest absolute Gasteiger partial charge is 0.269 e. The van der Waals surface area contributed by atoms with E-state index >= 15 is 0 Å². The summed E-state index contributed by atoms with van der Waals surface area (Å²) in [5, 5.41) is 9.50. The number of carbonyl (C=O) groups is 2. The van der Waals surface area contributed by atoms with E-state index in [1.54, 1.807) is 44.5 Å². The van der Waals surface area contributed by atoms with Gasteiger partial charge in [0.25, 0.3) is 11.8 Å². The van der Waals surface area contributed by atoms with Crippen LogP contribution in [0.15, 0.2) is 41.8 Å². The molecule has 0 aliphatic carbocycles. The highest BCUT2D eigenvalue weighted by Crippen LogP contribution is 2.15. The molecule has 1 aromatic heterocycles. The largest absolute Gasteiger partial charge is 0.385 e. The first-order chi connectivity index (χ1) is 13.0. The Morgan fingerprint density at radius 2 is 2.04 bits per heavy atom. The van der Waals surface area contributed by atoms with Gasteiger partial charge in [-0.15, -0.1) is 11.3 Å². The van der Waals surface area contributed by atoms with Gasteiger partial charge in [-0.05, 0) is 48.3 Å². The second kappa shape index (κ2) is 10.6. The maximum Gasteiger partial charge on any atom is 0.269 e. The van der Waals surface area contributed by atoms with E-state index in [0.717, 1.165) is 6.42 Å². The molecular formula is C18H22N4O3S2. The van der Waals surface area contributed by atoms with Gasteiger partial charge >= 0.3 is 0 Å². The van der Waals surface area contributed by atoms with Crippen molar-refractivity contribution in [3.63, 3.8) is 0 Å². The first kappa shape index (κ1) is 20.8. The molecule has 7 nitrogen and oxygen atoms in total. The number of hydrogen-bond donors (Lipinski definition) is 3. The van der Waals surface area contributed by atoms with Crippen LogP contribution in [0, 0.1) is 0 Å². The van der Waals surface area contributed by atoms with Crippen LogP contribution in [0.2, 0.25) is 0 Å². The zero-order valence-electron chi connectivity index (χ0n) is 15.2. The number of nitrogens with one attached hydrogen (secondary N) is 3. The van der Waals surface area contributed by atoms with Crippen LogP contribution in [0.25, 0.3) is 0 Å². The van der Waals surface area contributed by atoms with Crippen molar-refractivity contribution in [2.24, 2.45) is 0 Å². The molecule has 1 heterocycles. The zero-order chi connectivity index (χ0) is 19.6. The van der Waals surface area contributed by atoms with Crippen LogP contribution in [0.5, 0.6) is 0 Å². The Kier molecular flexibility index (Phi) is 8.18. The van der Waals surface area contributed by atoms with E-state index in [1.165, 1.54) is 16.3 Å². The topological polar surface area (TPSA) is 82.7 Å². The number of amides is 2. The lowest BCUT2D eigenvalue weighted by atomic mass is 10.2. The first-order valence-corrected chi connectivity index (χ1v) is 9.56. The van der Waals surface area contributed by atoms with E-state index in [4.69, 9.17) is 17.0 Å². The van der Waals surface area contributed by atoms with Gasteiger partial charge in [0.15, 0.2) is 5.11 Å². The SMILES string of the molecule is COCCCNC(=S)N(C)NC(=O)c1cccc(NC(=O)c2cccs2)c1. The number of methoxy groups -OCH3 is 1. The van der Waals surface area contributed by atoms with Gasteiger partial charge in [-0.2, -0.15) is 0 Å². The van der Waals surface area contributed by atoms with Crippen molar-refractivity contribution in [3.05, 3.63) is 52.2 Å². The van der Waals surface area contributed by atoms with Gasteiger partial charge in [-0.1, -0.05) is 12.1 Å². The first-order valence-electron chi connectivity index (χ1n) is 8.27. The molecule has 3 N–H and O–H groups in total. The molecule has 144 valence electrons. The maximum absolute atomic E-state index is 12.4. The molecule has 0 unspecified atom stereocenters. The predicted molar refractivity (Wildman–Crippen MR) is 111 cm³/mol. The van der Waals surface area contributed by atoms with Crippen molar-refractivity contribution < 1.29 is 14.3 Å². The number of ether oxygens (including phenoxy) is 1. The summed E-state index contributed by atoms with van der Waals surface area (Å²) in [5.74, 6) is -0.535. The molecule has 27 heavy (non-hydrogen) atoms. The highest BCUT2D eigenvalue weighted by molar-refractivity contribution is 7.80. The van der Waals surface area contributed by atoms with Crippen LogP contribution in [-0.4, -0.2) is 49.2 Å². The minimum absolute atomic E-state index is 0.207. The minimum Gasteiger partial charge on any atom is -0.385 e. The van der Waals surface area contributed by atoms with Crippen molar-refractivity contribution in [3.8, 4) is 0 Å². The van der Waals surface area contributed by atoms with Crippen LogP contribution >= 0.6 is 23.6 Å². The minimum atomic E-state index is -0.328. The number of anilines is 1. The average Bonchev–Trinajstić information content (AvgIpc) is 3.20. The lowest BCUT2D eigenvalue weighted by Crippen LogP contribution is -2.48. The fourth-order valence-electron chi connectivity index (χ4n) is 2.14. The standard InChI is InChI=1S/C18H22N4O3S2/c1-22(18(26)19-9-5-10-25-2)21-16(23)13-6-3-7-14(12-13)20-17(24)15-8-4-11-27-15/h3-4,6-8,11-12H,5,9-10H2,1-2H3,(H,19,26)(H,20,24)(H,21,23). The summed E-state index contributed by atoms with van der Waals surface area (Å²) in [6.07, 6.45) is 0.810. The third kappa shape index (κ3) is 6.63. The third-order valence-corrected chi connectivity index (χ3v) is 4.79. The Morgan fingerprint density at radius 1 is 1.22 bits per heavy atom. The summed E-state index contributed by atoms with van der Waals surface area (Å²) in [6.45, 7) is 1.28. The third-order valence-electron chi connectivity index (χ3n) is 3.50. The second-order valence-corrected chi connectivity index (χ2v) is 6.92. The van der Waals surface area contributed by atoms with E-state index in [2.05, 4.69) is 16.1 Å². The van der Waals surface area contributed by atoms with E-state index in [1.807, 2.05) is 11.4 Å². The van der Waals surface area contributed by atoms with Gasteiger partial charge in [0.2, 0.25) is 0 Å². The number of nitrogens with zero attached hydrogens (tertiary/aromatic N) is 1. The Balaban J connectivity index is 1.90. The second-order valence-electron chi connectivity index (χ2n) is 5.59. The molecule has 2 rings (SSSR count). The summed E-state index contributed by atoms with van der Waals surface area (Å²) in [6, 6.07) is 10.3. The molecule has 1 aromatic carbocycles. The lowest BCUT2D eigenvalue weighted by molar-refractivity contribution is 0.0885. The normalized spacial score (nSPS) is 10.1. The quantitative estimate of drug-likeness (QED) is 0.372. The number of thiocarbonyl (C=S) groups is 1. The fraction of sp³-hybridized carbons (Fsp3) is 0.278. The molecule has 0 bridgehead atoms. The van der Waals surface area contributed by atoms with Crippen LogP contribution in [0.4, 0.5) is 5.69 Å². The molecule has 0 fully saturated rings. The molecule has 0 saturated heterocycles. The number of carbonyl (C=O) groups excluding carboxylic acids is 2. The Labute approximate surface area is 167 Å². The molecular weight excluding hydrogens is 384 g/mol. The molecule has 9 heteroatoms. The van der Waals surface area contributed by atoms with Gasteiger partial charge in [0, 0.05) is 38.6 Å². The van der Waals surface area contributed by atoms with Crippen LogP contribution in [0.1, 0.15) is 26.5 Å². The van der Waals surface area contributed by atoms with Crippen molar-refractivity contribution in [2.75, 3.05) is 32.6 Å². The van der Waals surface area contributed by atoms with Crippen molar-refractivity contribution in [2.45, 2.75) is 6.42 Å². The monoisotopic (exact) mass is 406 g/mol. The number of rotatable bonds is 7. The highest BCUT2D eigenvalue weighted by Gasteiger charge is 2.12. The van der Waals surface area contributed by atoms with E-state index in [-0.39, 0.29) is 11.8 Å². The maximum atomic E-state index is 12.4.